The molecule has 1 aliphatic rings. The molecule has 0 amide bonds. The van der Waals surface area contributed by atoms with Crippen LogP contribution >= 0.6 is 15.9 Å². The SMILES string of the molecule is CCCNCc1ccc(N2CCCN(C)CC2C)cc1Br. The van der Waals surface area contributed by atoms with Gasteiger partial charge in [0, 0.05) is 35.8 Å². The van der Waals surface area contributed by atoms with Gasteiger partial charge in [-0.15, -0.1) is 0 Å². The fourth-order valence-corrected chi connectivity index (χ4v) is 3.52. The van der Waals surface area contributed by atoms with Gasteiger partial charge in [0.25, 0.3) is 0 Å². The molecular formula is C17H28BrN3. The lowest BCUT2D eigenvalue weighted by Crippen LogP contribution is -2.37. The lowest BCUT2D eigenvalue weighted by atomic mass is 10.1. The summed E-state index contributed by atoms with van der Waals surface area (Å²) in [6, 6.07) is 7.37. The first kappa shape index (κ1) is 16.8. The minimum Gasteiger partial charge on any atom is -0.367 e. The normalized spacial score (nSPS) is 20.6. The van der Waals surface area contributed by atoms with Gasteiger partial charge in [-0.3, -0.25) is 0 Å². The third kappa shape index (κ3) is 4.70. The fraction of sp³-hybridized carbons (Fsp3) is 0.647. The van der Waals surface area contributed by atoms with E-state index in [0.29, 0.717) is 6.04 Å². The van der Waals surface area contributed by atoms with E-state index >= 15 is 0 Å². The number of halogens is 1. The third-order valence-electron chi connectivity index (χ3n) is 4.16. The number of benzene rings is 1. The molecule has 4 heteroatoms. The molecule has 1 N–H and O–H groups in total. The minimum atomic E-state index is 0.563. The Labute approximate surface area is 137 Å². The van der Waals surface area contributed by atoms with Gasteiger partial charge >= 0.3 is 0 Å². The highest BCUT2D eigenvalue weighted by Gasteiger charge is 2.20. The number of anilines is 1. The Bertz CT molecular complexity index is 450. The van der Waals surface area contributed by atoms with Crippen LogP contribution in [0.4, 0.5) is 5.69 Å². The van der Waals surface area contributed by atoms with Gasteiger partial charge in [0.05, 0.1) is 0 Å². The van der Waals surface area contributed by atoms with Crippen LogP contribution in [0.15, 0.2) is 22.7 Å². The zero-order valence-electron chi connectivity index (χ0n) is 13.5. The van der Waals surface area contributed by atoms with E-state index in [1.807, 2.05) is 0 Å². The Morgan fingerprint density at radius 2 is 2.14 bits per heavy atom. The zero-order valence-corrected chi connectivity index (χ0v) is 15.1. The van der Waals surface area contributed by atoms with Crippen molar-refractivity contribution >= 4 is 21.6 Å². The van der Waals surface area contributed by atoms with Gasteiger partial charge in [0.15, 0.2) is 0 Å². The van der Waals surface area contributed by atoms with Crippen molar-refractivity contribution in [1.29, 1.82) is 0 Å². The van der Waals surface area contributed by atoms with E-state index in [-0.39, 0.29) is 0 Å². The molecule has 2 rings (SSSR count). The molecule has 1 atom stereocenters. The van der Waals surface area contributed by atoms with E-state index < -0.39 is 0 Å². The van der Waals surface area contributed by atoms with Crippen LogP contribution in [0.5, 0.6) is 0 Å². The lowest BCUT2D eigenvalue weighted by Gasteiger charge is -2.30. The molecule has 1 aromatic carbocycles. The monoisotopic (exact) mass is 353 g/mol. The number of likely N-dealkylation sites (N-methyl/N-ethyl adjacent to an activating group) is 1. The van der Waals surface area contributed by atoms with Crippen molar-refractivity contribution in [3.8, 4) is 0 Å². The van der Waals surface area contributed by atoms with E-state index in [2.05, 4.69) is 70.1 Å². The fourth-order valence-electron chi connectivity index (χ4n) is 3.01. The second-order valence-electron chi connectivity index (χ2n) is 6.11. The van der Waals surface area contributed by atoms with Crippen molar-refractivity contribution in [1.82, 2.24) is 10.2 Å². The molecular weight excluding hydrogens is 326 g/mol. The number of nitrogens with zero attached hydrogens (tertiary/aromatic N) is 2. The molecule has 1 saturated heterocycles. The first-order chi connectivity index (χ1) is 10.1. The van der Waals surface area contributed by atoms with E-state index in [9.17, 15) is 0 Å². The van der Waals surface area contributed by atoms with Gasteiger partial charge < -0.3 is 15.1 Å². The maximum absolute atomic E-state index is 3.74. The van der Waals surface area contributed by atoms with Crippen LogP contribution in [0.3, 0.4) is 0 Å². The topological polar surface area (TPSA) is 18.5 Å². The van der Waals surface area contributed by atoms with Crippen molar-refractivity contribution in [2.45, 2.75) is 39.3 Å². The van der Waals surface area contributed by atoms with Crippen molar-refractivity contribution in [3.63, 3.8) is 0 Å². The molecule has 1 heterocycles. The second-order valence-corrected chi connectivity index (χ2v) is 6.97. The van der Waals surface area contributed by atoms with Gasteiger partial charge in [0.2, 0.25) is 0 Å². The van der Waals surface area contributed by atoms with Gasteiger partial charge in [0.1, 0.15) is 0 Å². The van der Waals surface area contributed by atoms with E-state index in [0.717, 1.165) is 26.2 Å². The average Bonchev–Trinajstić information content (AvgIpc) is 2.61. The molecule has 118 valence electrons. The smallest absolute Gasteiger partial charge is 0.0388 e. The Balaban J connectivity index is 2.07. The molecule has 1 unspecified atom stereocenters. The first-order valence-corrected chi connectivity index (χ1v) is 8.85. The number of nitrogens with one attached hydrogen (secondary N) is 1. The molecule has 1 fully saturated rings. The van der Waals surface area contributed by atoms with Crippen molar-refractivity contribution < 1.29 is 0 Å². The maximum atomic E-state index is 3.74. The molecule has 0 aromatic heterocycles. The highest BCUT2D eigenvalue weighted by molar-refractivity contribution is 9.10. The van der Waals surface area contributed by atoms with Gasteiger partial charge in [-0.25, -0.2) is 0 Å². The van der Waals surface area contributed by atoms with E-state index in [4.69, 9.17) is 0 Å². The molecule has 0 radical (unpaired) electrons. The highest BCUT2D eigenvalue weighted by atomic mass is 79.9. The van der Waals surface area contributed by atoms with Crippen molar-refractivity contribution in [3.05, 3.63) is 28.2 Å². The second kappa shape index (κ2) is 8.16. The van der Waals surface area contributed by atoms with Gasteiger partial charge in [-0.1, -0.05) is 28.9 Å². The Hall–Kier alpha value is -0.580. The summed E-state index contributed by atoms with van der Waals surface area (Å²) >= 11 is 3.74. The van der Waals surface area contributed by atoms with E-state index in [1.54, 1.807) is 0 Å². The average molecular weight is 354 g/mol. The molecule has 0 aliphatic carbocycles. The summed E-state index contributed by atoms with van der Waals surface area (Å²) < 4.78 is 1.22. The van der Waals surface area contributed by atoms with Crippen LogP contribution in [-0.4, -0.2) is 44.2 Å². The summed E-state index contributed by atoms with van der Waals surface area (Å²) in [5.41, 5.74) is 2.68. The first-order valence-electron chi connectivity index (χ1n) is 8.06. The standard InChI is InChI=1S/C17H28BrN3/c1-4-8-19-12-15-6-7-16(11-17(15)18)21-10-5-9-20(3)13-14(21)2/h6-7,11,14,19H,4-5,8-10,12-13H2,1-3H3. The zero-order chi connectivity index (χ0) is 15.2. The molecule has 0 spiro atoms. The van der Waals surface area contributed by atoms with Crippen LogP contribution in [0, 0.1) is 0 Å². The molecule has 3 nitrogen and oxygen atoms in total. The molecule has 21 heavy (non-hydrogen) atoms. The summed E-state index contributed by atoms with van der Waals surface area (Å²) in [4.78, 5) is 4.97. The molecule has 1 aliphatic heterocycles. The minimum absolute atomic E-state index is 0.563. The largest absolute Gasteiger partial charge is 0.367 e. The highest BCUT2D eigenvalue weighted by Crippen LogP contribution is 2.26. The van der Waals surface area contributed by atoms with Gasteiger partial charge in [-0.2, -0.15) is 0 Å². The molecule has 0 saturated carbocycles. The van der Waals surface area contributed by atoms with Crippen LogP contribution in [0.2, 0.25) is 0 Å². The Morgan fingerprint density at radius 3 is 2.86 bits per heavy atom. The Morgan fingerprint density at radius 1 is 1.33 bits per heavy atom. The predicted octanol–water partition coefficient (Wildman–Crippen LogP) is 3.48. The summed E-state index contributed by atoms with van der Waals surface area (Å²) in [5, 5.41) is 3.47. The van der Waals surface area contributed by atoms with E-state index in [1.165, 1.54) is 35.1 Å². The summed E-state index contributed by atoms with van der Waals surface area (Å²) in [7, 11) is 2.22. The van der Waals surface area contributed by atoms with Crippen molar-refractivity contribution in [2.24, 2.45) is 0 Å². The van der Waals surface area contributed by atoms with Crippen molar-refractivity contribution in [2.75, 3.05) is 38.1 Å². The predicted molar refractivity (Wildman–Crippen MR) is 95.1 cm³/mol. The van der Waals surface area contributed by atoms with Crippen LogP contribution in [0.1, 0.15) is 32.3 Å². The number of rotatable bonds is 5. The summed E-state index contributed by atoms with van der Waals surface area (Å²) in [6.45, 7) is 10.0. The van der Waals surface area contributed by atoms with Gasteiger partial charge in [-0.05, 0) is 57.6 Å². The third-order valence-corrected chi connectivity index (χ3v) is 4.90. The molecule has 1 aromatic rings. The maximum Gasteiger partial charge on any atom is 0.0388 e. The lowest BCUT2D eigenvalue weighted by molar-refractivity contribution is 0.337. The quantitative estimate of drug-likeness (QED) is 0.817. The summed E-state index contributed by atoms with van der Waals surface area (Å²) in [5.74, 6) is 0. The van der Waals surface area contributed by atoms with Crippen LogP contribution < -0.4 is 10.2 Å². The summed E-state index contributed by atoms with van der Waals surface area (Å²) in [6.07, 6.45) is 2.41. The Kier molecular flexibility index (Phi) is 6.52. The molecule has 0 bridgehead atoms. The number of hydrogen-bond acceptors (Lipinski definition) is 3. The van der Waals surface area contributed by atoms with Crippen LogP contribution in [0.25, 0.3) is 0 Å². The number of hydrogen-bond donors (Lipinski definition) is 1. The van der Waals surface area contributed by atoms with Crippen LogP contribution in [-0.2, 0) is 6.54 Å².